The molecule has 0 aliphatic carbocycles. The van der Waals surface area contributed by atoms with E-state index in [9.17, 15) is 9.90 Å². The Balaban J connectivity index is 3.67. The fraction of sp³-hybridized carbons (Fsp3) is 0.850. The maximum absolute atomic E-state index is 10.8. The molecule has 0 aliphatic rings. The lowest BCUT2D eigenvalue weighted by Crippen LogP contribution is -2.26. The summed E-state index contributed by atoms with van der Waals surface area (Å²) < 4.78 is 0. The van der Waals surface area contributed by atoms with Gasteiger partial charge in [0.15, 0.2) is 0 Å². The molecule has 2 unspecified atom stereocenters. The highest BCUT2D eigenvalue weighted by atomic mass is 32.2. The number of rotatable bonds is 18. The summed E-state index contributed by atoms with van der Waals surface area (Å²) in [6.45, 7) is 1.98. The van der Waals surface area contributed by atoms with Crippen molar-refractivity contribution >= 4 is 17.7 Å². The number of aliphatic hydroxyl groups excluding tert-OH is 2. The number of amides is 1. The van der Waals surface area contributed by atoms with Crippen LogP contribution in [-0.2, 0) is 4.79 Å². The third-order valence-electron chi connectivity index (χ3n) is 4.28. The summed E-state index contributed by atoms with van der Waals surface area (Å²) >= 11 is 1.47. The van der Waals surface area contributed by atoms with Crippen LogP contribution in [-0.4, -0.2) is 39.8 Å². The zero-order chi connectivity index (χ0) is 18.8. The summed E-state index contributed by atoms with van der Waals surface area (Å²) in [5.74, 6) is 0.235. The monoisotopic (exact) mass is 373 g/mol. The van der Waals surface area contributed by atoms with Crippen LogP contribution in [0.15, 0.2) is 12.2 Å². The van der Waals surface area contributed by atoms with Gasteiger partial charge in [-0.2, -0.15) is 11.8 Å². The van der Waals surface area contributed by atoms with Crippen LogP contribution in [0.3, 0.4) is 0 Å². The molecule has 0 aromatic rings. The number of carbonyl (C=O) groups is 1. The zero-order valence-electron chi connectivity index (χ0n) is 16.0. The second-order valence-electron chi connectivity index (χ2n) is 6.70. The van der Waals surface area contributed by atoms with E-state index < -0.39 is 6.10 Å². The number of carbonyl (C=O) groups excluding carboxylic acids is 1. The first-order valence-corrected chi connectivity index (χ1v) is 11.0. The number of aliphatic hydroxyl groups is 2. The summed E-state index contributed by atoms with van der Waals surface area (Å²) in [7, 11) is 0. The van der Waals surface area contributed by atoms with E-state index in [0.717, 1.165) is 6.42 Å². The first kappa shape index (κ1) is 24.5. The molecule has 148 valence electrons. The highest BCUT2D eigenvalue weighted by molar-refractivity contribution is 8.00. The Morgan fingerprint density at radius 1 is 1.04 bits per heavy atom. The van der Waals surface area contributed by atoms with E-state index in [-0.39, 0.29) is 17.8 Å². The SMILES string of the molecule is CCCCCCCCCCCC/C=C\C(SCCC(N)=O)C(O)CO. The van der Waals surface area contributed by atoms with Crippen molar-refractivity contribution in [2.24, 2.45) is 5.73 Å². The fourth-order valence-corrected chi connectivity index (χ4v) is 3.80. The number of nitrogens with two attached hydrogens (primary N) is 1. The molecule has 25 heavy (non-hydrogen) atoms. The first-order valence-electron chi connectivity index (χ1n) is 9.97. The topological polar surface area (TPSA) is 83.6 Å². The summed E-state index contributed by atoms with van der Waals surface area (Å²) in [6, 6.07) is 0. The average molecular weight is 374 g/mol. The van der Waals surface area contributed by atoms with Gasteiger partial charge in [-0.25, -0.2) is 0 Å². The van der Waals surface area contributed by atoms with Crippen LogP contribution in [0.1, 0.15) is 84.0 Å². The maximum atomic E-state index is 10.8. The Kier molecular flexibility index (Phi) is 17.9. The van der Waals surface area contributed by atoms with Crippen LogP contribution in [0, 0.1) is 0 Å². The molecule has 0 spiro atoms. The molecule has 0 aromatic heterocycles. The molecule has 0 fully saturated rings. The second-order valence-corrected chi connectivity index (χ2v) is 7.99. The van der Waals surface area contributed by atoms with Gasteiger partial charge < -0.3 is 15.9 Å². The predicted octanol–water partition coefficient (Wildman–Crippen LogP) is 4.18. The average Bonchev–Trinajstić information content (AvgIpc) is 2.60. The molecule has 0 aliphatic heterocycles. The van der Waals surface area contributed by atoms with Crippen molar-refractivity contribution in [3.63, 3.8) is 0 Å². The van der Waals surface area contributed by atoms with Crippen LogP contribution in [0.5, 0.6) is 0 Å². The highest BCUT2D eigenvalue weighted by Gasteiger charge is 2.15. The predicted molar refractivity (Wildman–Crippen MR) is 109 cm³/mol. The van der Waals surface area contributed by atoms with E-state index in [1.54, 1.807) is 0 Å². The molecular weight excluding hydrogens is 334 g/mol. The Hall–Kier alpha value is -0.520. The van der Waals surface area contributed by atoms with Crippen LogP contribution < -0.4 is 5.73 Å². The molecular formula is C20H39NO3S. The number of allylic oxidation sites excluding steroid dienone is 1. The Labute approximate surface area is 158 Å². The number of hydrogen-bond donors (Lipinski definition) is 3. The van der Waals surface area contributed by atoms with Gasteiger partial charge in [-0.1, -0.05) is 76.9 Å². The van der Waals surface area contributed by atoms with Crippen molar-refractivity contribution in [2.45, 2.75) is 95.3 Å². The molecule has 0 rings (SSSR count). The summed E-state index contributed by atoms with van der Waals surface area (Å²) in [5, 5.41) is 18.8. The Morgan fingerprint density at radius 3 is 2.12 bits per heavy atom. The van der Waals surface area contributed by atoms with Gasteiger partial charge in [0.2, 0.25) is 5.91 Å². The number of primary amides is 1. The Bertz CT molecular complexity index is 337. The summed E-state index contributed by atoms with van der Waals surface area (Å²) in [4.78, 5) is 10.8. The van der Waals surface area contributed by atoms with Crippen LogP contribution in [0.2, 0.25) is 0 Å². The van der Waals surface area contributed by atoms with Gasteiger partial charge in [0.05, 0.1) is 18.0 Å². The minimum Gasteiger partial charge on any atom is -0.394 e. The van der Waals surface area contributed by atoms with Gasteiger partial charge in [-0.3, -0.25) is 4.79 Å². The first-order chi connectivity index (χ1) is 12.1. The lowest BCUT2D eigenvalue weighted by Gasteiger charge is -2.17. The van der Waals surface area contributed by atoms with E-state index in [0.29, 0.717) is 12.2 Å². The fourth-order valence-electron chi connectivity index (χ4n) is 2.67. The zero-order valence-corrected chi connectivity index (χ0v) is 16.8. The highest BCUT2D eigenvalue weighted by Crippen LogP contribution is 2.18. The minimum atomic E-state index is -0.790. The van der Waals surface area contributed by atoms with E-state index >= 15 is 0 Å². The quantitative estimate of drug-likeness (QED) is 0.248. The van der Waals surface area contributed by atoms with Gasteiger partial charge in [0.1, 0.15) is 0 Å². The molecule has 0 aromatic carbocycles. The summed E-state index contributed by atoms with van der Waals surface area (Å²) in [5.41, 5.74) is 5.12. The van der Waals surface area contributed by atoms with Crippen molar-refractivity contribution in [1.82, 2.24) is 0 Å². The second kappa shape index (κ2) is 18.3. The molecule has 0 saturated heterocycles. The van der Waals surface area contributed by atoms with E-state index in [2.05, 4.69) is 13.0 Å². The normalized spacial score (nSPS) is 14.0. The van der Waals surface area contributed by atoms with Gasteiger partial charge in [0.25, 0.3) is 0 Å². The van der Waals surface area contributed by atoms with Crippen molar-refractivity contribution in [3.8, 4) is 0 Å². The minimum absolute atomic E-state index is 0.174. The van der Waals surface area contributed by atoms with Crippen LogP contribution in [0.25, 0.3) is 0 Å². The summed E-state index contributed by atoms with van der Waals surface area (Å²) in [6.07, 6.45) is 17.8. The van der Waals surface area contributed by atoms with E-state index in [4.69, 9.17) is 10.8 Å². The number of unbranched alkanes of at least 4 members (excludes halogenated alkanes) is 10. The van der Waals surface area contributed by atoms with Crippen molar-refractivity contribution < 1.29 is 15.0 Å². The molecule has 0 radical (unpaired) electrons. The standard InChI is InChI=1S/C20H39NO3S/c1-2-3-4-5-6-7-8-9-10-11-12-13-14-19(18(23)17-22)25-16-15-20(21)24/h13-14,18-19,22-23H,2-12,15-17H2,1H3,(H2,21,24)/b14-13-. The van der Waals surface area contributed by atoms with Gasteiger partial charge in [-0.05, 0) is 12.8 Å². The van der Waals surface area contributed by atoms with Crippen molar-refractivity contribution in [2.75, 3.05) is 12.4 Å². The molecule has 1 amide bonds. The maximum Gasteiger partial charge on any atom is 0.218 e. The van der Waals surface area contributed by atoms with Crippen LogP contribution in [0.4, 0.5) is 0 Å². The van der Waals surface area contributed by atoms with Gasteiger partial charge >= 0.3 is 0 Å². The van der Waals surface area contributed by atoms with Gasteiger partial charge in [0, 0.05) is 12.2 Å². The molecule has 0 bridgehead atoms. The smallest absolute Gasteiger partial charge is 0.218 e. The largest absolute Gasteiger partial charge is 0.394 e. The number of thioether (sulfide) groups is 1. The Morgan fingerprint density at radius 2 is 1.60 bits per heavy atom. The molecule has 2 atom stereocenters. The molecule has 0 heterocycles. The lowest BCUT2D eigenvalue weighted by molar-refractivity contribution is -0.117. The van der Waals surface area contributed by atoms with E-state index in [1.807, 2.05) is 6.08 Å². The molecule has 4 N–H and O–H groups in total. The van der Waals surface area contributed by atoms with Crippen molar-refractivity contribution in [1.29, 1.82) is 0 Å². The molecule has 0 saturated carbocycles. The van der Waals surface area contributed by atoms with E-state index in [1.165, 1.54) is 76.0 Å². The van der Waals surface area contributed by atoms with Gasteiger partial charge in [-0.15, -0.1) is 0 Å². The third kappa shape index (κ3) is 16.7. The third-order valence-corrected chi connectivity index (χ3v) is 5.57. The number of hydrogen-bond acceptors (Lipinski definition) is 4. The van der Waals surface area contributed by atoms with Crippen molar-refractivity contribution in [3.05, 3.63) is 12.2 Å². The molecule has 5 heteroatoms. The van der Waals surface area contributed by atoms with Crippen LogP contribution >= 0.6 is 11.8 Å². The molecule has 4 nitrogen and oxygen atoms in total. The lowest BCUT2D eigenvalue weighted by atomic mass is 10.1.